The lowest BCUT2D eigenvalue weighted by atomic mass is 10.1. The zero-order chi connectivity index (χ0) is 26.2. The van der Waals surface area contributed by atoms with Gasteiger partial charge in [-0.15, -0.1) is 0 Å². The number of sulfonamides is 1. The van der Waals surface area contributed by atoms with E-state index in [0.717, 1.165) is 31.2 Å². The zero-order valence-corrected chi connectivity index (χ0v) is 20.8. The van der Waals surface area contributed by atoms with Gasteiger partial charge in [-0.2, -0.15) is 5.10 Å². The average Bonchev–Trinajstić information content (AvgIpc) is 3.59. The SMILES string of the molecule is Cc1ccc(S(=O)(=O)NC(=O)OC[C@H]2O[C@@H](c3cnc4c(NC5CCCC5)ncnn34)[C@H](O)[C@@H]2O)cc1. The second kappa shape index (κ2) is 10.2. The van der Waals surface area contributed by atoms with Crippen LogP contribution in [0.4, 0.5) is 10.6 Å². The number of hydrogen-bond donors (Lipinski definition) is 4. The third-order valence-corrected chi connectivity index (χ3v) is 7.94. The highest BCUT2D eigenvalue weighted by molar-refractivity contribution is 7.90. The minimum Gasteiger partial charge on any atom is -0.446 e. The molecule has 198 valence electrons. The van der Waals surface area contributed by atoms with Crippen molar-refractivity contribution in [2.75, 3.05) is 11.9 Å². The van der Waals surface area contributed by atoms with Gasteiger partial charge in [-0.25, -0.2) is 32.4 Å². The maximum absolute atomic E-state index is 12.4. The summed E-state index contributed by atoms with van der Waals surface area (Å²) in [5.41, 5.74) is 1.70. The van der Waals surface area contributed by atoms with Crippen molar-refractivity contribution in [2.24, 2.45) is 0 Å². The van der Waals surface area contributed by atoms with Crippen LogP contribution >= 0.6 is 0 Å². The number of aliphatic hydroxyl groups excluding tert-OH is 2. The van der Waals surface area contributed by atoms with Gasteiger partial charge in [-0.1, -0.05) is 30.5 Å². The number of imidazole rings is 1. The lowest BCUT2D eigenvalue weighted by Gasteiger charge is -2.15. The Labute approximate surface area is 212 Å². The molecule has 1 saturated carbocycles. The molecule has 1 aromatic carbocycles. The molecule has 4 N–H and O–H groups in total. The van der Waals surface area contributed by atoms with Crippen LogP contribution < -0.4 is 10.0 Å². The van der Waals surface area contributed by atoms with E-state index in [4.69, 9.17) is 9.47 Å². The van der Waals surface area contributed by atoms with Crippen molar-refractivity contribution in [3.05, 3.63) is 48.0 Å². The minimum absolute atomic E-state index is 0.0981. The van der Waals surface area contributed by atoms with Gasteiger partial charge in [0.15, 0.2) is 11.5 Å². The van der Waals surface area contributed by atoms with Gasteiger partial charge in [-0.3, -0.25) is 0 Å². The molecule has 14 heteroatoms. The summed E-state index contributed by atoms with van der Waals surface area (Å²) >= 11 is 0. The van der Waals surface area contributed by atoms with Crippen LogP contribution in [0, 0.1) is 6.92 Å². The van der Waals surface area contributed by atoms with E-state index in [9.17, 15) is 23.4 Å². The smallest absolute Gasteiger partial charge is 0.421 e. The molecule has 5 rings (SSSR count). The summed E-state index contributed by atoms with van der Waals surface area (Å²) in [6.45, 7) is 1.31. The van der Waals surface area contributed by atoms with E-state index in [1.807, 2.05) is 4.72 Å². The molecule has 13 nitrogen and oxygen atoms in total. The molecule has 2 fully saturated rings. The van der Waals surface area contributed by atoms with Crippen LogP contribution in [0.3, 0.4) is 0 Å². The highest BCUT2D eigenvalue weighted by atomic mass is 32.2. The van der Waals surface area contributed by atoms with E-state index in [1.165, 1.54) is 29.2 Å². The van der Waals surface area contributed by atoms with Gasteiger partial charge in [0.1, 0.15) is 37.4 Å². The monoisotopic (exact) mass is 532 g/mol. The number of amides is 1. The van der Waals surface area contributed by atoms with Gasteiger partial charge >= 0.3 is 6.09 Å². The fraction of sp³-hybridized carbons (Fsp3) is 0.478. The van der Waals surface area contributed by atoms with Gasteiger partial charge < -0.3 is 25.0 Å². The summed E-state index contributed by atoms with van der Waals surface area (Å²) in [6.07, 6.45) is 1.09. The fourth-order valence-corrected chi connectivity index (χ4v) is 5.49. The number of ether oxygens (including phenoxy) is 2. The molecule has 37 heavy (non-hydrogen) atoms. The largest absolute Gasteiger partial charge is 0.446 e. The third kappa shape index (κ3) is 5.23. The Balaban J connectivity index is 1.24. The molecular formula is C23H28N6O7S. The Morgan fingerprint density at radius 3 is 2.62 bits per heavy atom. The molecule has 1 saturated heterocycles. The summed E-state index contributed by atoms with van der Waals surface area (Å²) < 4.78 is 38.8. The first kappa shape index (κ1) is 25.3. The number of carbonyl (C=O) groups excluding carboxylic acids is 1. The summed E-state index contributed by atoms with van der Waals surface area (Å²) in [6, 6.07) is 6.23. The molecule has 4 atom stereocenters. The number of nitrogens with one attached hydrogen (secondary N) is 2. The van der Waals surface area contributed by atoms with Crippen molar-refractivity contribution < 1.29 is 32.9 Å². The highest BCUT2D eigenvalue weighted by Crippen LogP contribution is 2.34. The number of nitrogens with zero attached hydrogens (tertiary/aromatic N) is 4. The van der Waals surface area contributed by atoms with Gasteiger partial charge in [0.2, 0.25) is 0 Å². The van der Waals surface area contributed by atoms with Crippen molar-refractivity contribution in [2.45, 2.75) is 68.0 Å². The van der Waals surface area contributed by atoms with Crippen LogP contribution in [0.2, 0.25) is 0 Å². The predicted molar refractivity (Wildman–Crippen MR) is 129 cm³/mol. The van der Waals surface area contributed by atoms with E-state index < -0.39 is 47.1 Å². The maximum atomic E-state index is 12.4. The van der Waals surface area contributed by atoms with Crippen LogP contribution in [-0.4, -0.2) is 75.3 Å². The highest BCUT2D eigenvalue weighted by Gasteiger charge is 2.45. The molecule has 1 aliphatic carbocycles. The van der Waals surface area contributed by atoms with Crippen LogP contribution in [0.5, 0.6) is 0 Å². The zero-order valence-electron chi connectivity index (χ0n) is 20.0. The predicted octanol–water partition coefficient (Wildman–Crippen LogP) is 1.06. The summed E-state index contributed by atoms with van der Waals surface area (Å²) in [4.78, 5) is 20.7. The average molecular weight is 533 g/mol. The molecule has 0 radical (unpaired) electrons. The number of hydrogen-bond acceptors (Lipinski definition) is 11. The molecule has 1 aliphatic heterocycles. The maximum Gasteiger partial charge on any atom is 0.421 e. The summed E-state index contributed by atoms with van der Waals surface area (Å²) in [5, 5.41) is 28.8. The molecule has 2 aliphatic rings. The van der Waals surface area contributed by atoms with Crippen molar-refractivity contribution in [3.63, 3.8) is 0 Å². The van der Waals surface area contributed by atoms with Crippen molar-refractivity contribution in [1.82, 2.24) is 24.3 Å². The third-order valence-electron chi connectivity index (χ3n) is 6.61. The van der Waals surface area contributed by atoms with Crippen LogP contribution in [-0.2, 0) is 19.5 Å². The van der Waals surface area contributed by atoms with Gasteiger partial charge in [-0.05, 0) is 31.9 Å². The molecule has 0 bridgehead atoms. The van der Waals surface area contributed by atoms with Crippen LogP contribution in [0.15, 0.2) is 41.7 Å². The lowest BCUT2D eigenvalue weighted by Crippen LogP contribution is -2.37. The fourth-order valence-electron chi connectivity index (χ4n) is 4.60. The number of aliphatic hydroxyl groups is 2. The first-order chi connectivity index (χ1) is 17.7. The van der Waals surface area contributed by atoms with E-state index >= 15 is 0 Å². The van der Waals surface area contributed by atoms with Crippen LogP contribution in [0.25, 0.3) is 5.65 Å². The molecule has 2 aromatic heterocycles. The Kier molecular flexibility index (Phi) is 6.98. The molecule has 0 unspecified atom stereocenters. The number of carbonyl (C=O) groups is 1. The quantitative estimate of drug-likeness (QED) is 0.342. The minimum atomic E-state index is -4.14. The Morgan fingerprint density at radius 2 is 1.89 bits per heavy atom. The van der Waals surface area contributed by atoms with Crippen molar-refractivity contribution in [3.8, 4) is 0 Å². The Hall–Kier alpha value is -3.33. The van der Waals surface area contributed by atoms with E-state index in [1.54, 1.807) is 19.1 Å². The van der Waals surface area contributed by atoms with Crippen LogP contribution in [0.1, 0.15) is 43.0 Å². The molecule has 1 amide bonds. The summed E-state index contributed by atoms with van der Waals surface area (Å²) in [7, 11) is -4.14. The number of aromatic nitrogens is 4. The number of anilines is 1. The topological polar surface area (TPSA) is 177 Å². The molecule has 3 heterocycles. The number of aryl methyl sites for hydroxylation is 1. The van der Waals surface area contributed by atoms with Gasteiger partial charge in [0.25, 0.3) is 10.0 Å². The normalized spacial score (nSPS) is 24.4. The van der Waals surface area contributed by atoms with E-state index in [-0.39, 0.29) is 4.90 Å². The Morgan fingerprint density at radius 1 is 1.16 bits per heavy atom. The second-order valence-electron chi connectivity index (χ2n) is 9.25. The molecule has 3 aromatic rings. The van der Waals surface area contributed by atoms with Gasteiger partial charge in [0, 0.05) is 6.04 Å². The number of fused-ring (bicyclic) bond motifs is 1. The van der Waals surface area contributed by atoms with E-state index in [0.29, 0.717) is 23.2 Å². The van der Waals surface area contributed by atoms with Crippen molar-refractivity contribution >= 4 is 27.6 Å². The number of benzene rings is 1. The summed E-state index contributed by atoms with van der Waals surface area (Å²) in [5.74, 6) is 0.563. The standard InChI is InChI=1S/C23H28N6O7S/c1-13-6-8-15(9-7-13)37(33,34)28-23(32)35-11-17-18(30)19(31)20(36-17)16-10-24-22-21(25-12-26-29(16)22)27-14-4-2-3-5-14/h6-10,12,14,17-20,30-31H,2-5,11H2,1H3,(H,28,32)(H,25,26,27)/t17-,18-,19-,20+/m1/s1. The second-order valence-corrected chi connectivity index (χ2v) is 10.9. The molecular weight excluding hydrogens is 504 g/mol. The van der Waals surface area contributed by atoms with Gasteiger partial charge in [0.05, 0.1) is 16.8 Å². The Bertz CT molecular complexity index is 1370. The lowest BCUT2D eigenvalue weighted by molar-refractivity contribution is -0.0281. The van der Waals surface area contributed by atoms with E-state index in [2.05, 4.69) is 20.4 Å². The molecule has 0 spiro atoms. The number of rotatable bonds is 7. The van der Waals surface area contributed by atoms with Crippen molar-refractivity contribution in [1.29, 1.82) is 0 Å². The first-order valence-electron chi connectivity index (χ1n) is 12.0. The first-order valence-corrected chi connectivity index (χ1v) is 13.4.